The number of nitrogens with two attached hydrogens (primary N) is 1. The van der Waals surface area contributed by atoms with Crippen LogP contribution >= 0.6 is 0 Å². The fourth-order valence-corrected chi connectivity index (χ4v) is 6.86. The number of pyridine rings is 1. The average Bonchev–Trinajstić information content (AvgIpc) is 3.66. The summed E-state index contributed by atoms with van der Waals surface area (Å²) >= 11 is 0. The molecular formula is C45H66N10O5. The summed E-state index contributed by atoms with van der Waals surface area (Å²) in [4.78, 5) is 67.7. The van der Waals surface area contributed by atoms with E-state index >= 15 is 0 Å². The fourth-order valence-electron chi connectivity index (χ4n) is 6.86. The minimum absolute atomic E-state index is 0.155. The molecule has 5 rings (SSSR count). The molecule has 1 amide bonds. The number of likely N-dealkylation sites (N-methyl/N-ethyl adjacent to an activating group) is 1. The highest BCUT2D eigenvalue weighted by Gasteiger charge is 2.27. The molecule has 2 unspecified atom stereocenters. The summed E-state index contributed by atoms with van der Waals surface area (Å²) in [5, 5.41) is 19.2. The predicted octanol–water partition coefficient (Wildman–Crippen LogP) is 4.30. The van der Waals surface area contributed by atoms with Gasteiger partial charge in [-0.1, -0.05) is 32.1 Å². The fraction of sp³-hybridized carbons (Fsp3) is 0.444. The standard InChI is InChI=1S/C40H48N8O5.C2H7N.C2H6.CH5N/c1-4-18-42-40(53)33(24-41-2)39(45-37-17-11-28-10-16-36(52)38(28)44-37)43-30-12-14-31(15-13-30)47-19-21-48(22-20-47)35-9-5-7-29(26-50)34(35)25-46(3)32(27-51)8-6-23-49;1-3-2;2*1-2/h4,9,11-15,17,23-24,26-27,32,36,52H,1-2,5-8,10,16,18-22,25H2,3H3,(H,42,53)(H,43,44,45);3H,1-2H3;1-2H3;2H2,1H3/b33-24+;;;. The van der Waals surface area contributed by atoms with Crippen molar-refractivity contribution in [1.82, 2.24) is 25.4 Å². The Morgan fingerprint density at radius 1 is 1.05 bits per heavy atom. The number of aliphatic imine (C=N–C) groups is 2. The zero-order valence-corrected chi connectivity index (χ0v) is 36.3. The molecule has 15 nitrogen and oxygen atoms in total. The molecule has 6 N–H and O–H groups in total. The summed E-state index contributed by atoms with van der Waals surface area (Å²) in [5.74, 6) is 0.139. The number of aliphatic hydroxyl groups is 1. The van der Waals surface area contributed by atoms with Gasteiger partial charge in [-0.15, -0.1) is 6.58 Å². The van der Waals surface area contributed by atoms with E-state index in [4.69, 9.17) is 4.99 Å². The molecule has 1 aromatic carbocycles. The number of hydrogen-bond acceptors (Lipinski definition) is 13. The highest BCUT2D eigenvalue weighted by atomic mass is 16.3. The number of nitrogens with zero attached hydrogens (tertiary/aromatic N) is 6. The van der Waals surface area contributed by atoms with Gasteiger partial charge in [0, 0.05) is 69.0 Å². The van der Waals surface area contributed by atoms with E-state index in [1.54, 1.807) is 12.1 Å². The highest BCUT2D eigenvalue weighted by molar-refractivity contribution is 6.25. The number of allylic oxidation sites excluding steroid dienone is 2. The molecule has 0 bridgehead atoms. The van der Waals surface area contributed by atoms with Gasteiger partial charge < -0.3 is 46.2 Å². The van der Waals surface area contributed by atoms with Crippen molar-refractivity contribution in [1.29, 1.82) is 0 Å². The number of carbonyl (C=O) groups excluding carboxylic acids is 4. The van der Waals surface area contributed by atoms with Crippen molar-refractivity contribution in [3.63, 3.8) is 0 Å². The van der Waals surface area contributed by atoms with Crippen LogP contribution in [-0.2, 0) is 25.6 Å². The van der Waals surface area contributed by atoms with E-state index in [0.29, 0.717) is 49.4 Å². The Labute approximate surface area is 356 Å². The Morgan fingerprint density at radius 3 is 2.32 bits per heavy atom. The van der Waals surface area contributed by atoms with Crippen molar-refractivity contribution in [2.75, 3.05) is 77.7 Å². The van der Waals surface area contributed by atoms with E-state index in [2.05, 4.69) is 60.8 Å². The normalized spacial score (nSPS) is 16.6. The van der Waals surface area contributed by atoms with Gasteiger partial charge in [-0.3, -0.25) is 19.5 Å². The molecule has 2 aliphatic carbocycles. The summed E-state index contributed by atoms with van der Waals surface area (Å²) in [6.45, 7) is 14.9. The number of aryl methyl sites for hydroxylation is 1. The molecule has 1 aromatic heterocycles. The third kappa shape index (κ3) is 14.6. The maximum absolute atomic E-state index is 13.2. The molecule has 0 saturated carbocycles. The topological polar surface area (TPSA) is 198 Å². The maximum atomic E-state index is 13.2. The van der Waals surface area contributed by atoms with Gasteiger partial charge in [0.15, 0.2) is 5.82 Å². The van der Waals surface area contributed by atoms with Crippen LogP contribution in [0.5, 0.6) is 0 Å². The van der Waals surface area contributed by atoms with E-state index in [1.165, 1.54) is 13.2 Å². The largest absolute Gasteiger partial charge is 0.387 e. The van der Waals surface area contributed by atoms with Gasteiger partial charge in [-0.2, -0.15) is 0 Å². The van der Waals surface area contributed by atoms with Crippen molar-refractivity contribution in [2.45, 2.75) is 64.5 Å². The zero-order chi connectivity index (χ0) is 44.5. The van der Waals surface area contributed by atoms with Gasteiger partial charge in [0.2, 0.25) is 0 Å². The Morgan fingerprint density at radius 2 is 1.72 bits per heavy atom. The van der Waals surface area contributed by atoms with Gasteiger partial charge in [-0.25, -0.2) is 9.98 Å². The third-order valence-electron chi connectivity index (χ3n) is 9.77. The van der Waals surface area contributed by atoms with Gasteiger partial charge >= 0.3 is 0 Å². The molecule has 15 heteroatoms. The summed E-state index contributed by atoms with van der Waals surface area (Å²) in [7, 11) is 7.11. The van der Waals surface area contributed by atoms with E-state index in [-0.39, 0.29) is 18.0 Å². The Balaban J connectivity index is 0.00000167. The molecular weight excluding hydrogens is 761 g/mol. The van der Waals surface area contributed by atoms with Crippen LogP contribution in [0.4, 0.5) is 17.2 Å². The number of aliphatic hydroxyl groups excluding tert-OH is 1. The van der Waals surface area contributed by atoms with Crippen LogP contribution in [0.25, 0.3) is 0 Å². The molecule has 0 radical (unpaired) electrons. The third-order valence-corrected chi connectivity index (χ3v) is 9.77. The lowest BCUT2D eigenvalue weighted by atomic mass is 9.93. The number of fused-ring (bicyclic) bond motifs is 1. The van der Waals surface area contributed by atoms with E-state index in [0.717, 1.165) is 86.0 Å². The van der Waals surface area contributed by atoms with E-state index in [9.17, 15) is 24.3 Å². The summed E-state index contributed by atoms with van der Waals surface area (Å²) in [6, 6.07) is 11.1. The second-order valence-electron chi connectivity index (χ2n) is 13.7. The number of rotatable bonds is 17. The lowest BCUT2D eigenvalue weighted by Crippen LogP contribution is -2.47. The number of benzene rings is 1. The molecule has 2 aromatic rings. The molecule has 60 heavy (non-hydrogen) atoms. The van der Waals surface area contributed by atoms with Crippen molar-refractivity contribution in [3.05, 3.63) is 95.0 Å². The number of aldehydes is 3. The quantitative estimate of drug-likeness (QED) is 0.0500. The minimum Gasteiger partial charge on any atom is -0.387 e. The first-order valence-corrected chi connectivity index (χ1v) is 20.5. The van der Waals surface area contributed by atoms with Crippen LogP contribution < -0.4 is 26.6 Å². The summed E-state index contributed by atoms with van der Waals surface area (Å²) < 4.78 is 0. The first-order valence-electron chi connectivity index (χ1n) is 20.5. The predicted molar refractivity (Wildman–Crippen MR) is 244 cm³/mol. The Kier molecular flexibility index (Phi) is 23.6. The molecule has 0 spiro atoms. The number of nitrogens with one attached hydrogen (secondary N) is 3. The van der Waals surface area contributed by atoms with E-state index < -0.39 is 18.1 Å². The molecule has 3 aliphatic rings. The van der Waals surface area contributed by atoms with Crippen LogP contribution in [-0.4, -0.2) is 131 Å². The summed E-state index contributed by atoms with van der Waals surface area (Å²) in [6.07, 6.45) is 10.6. The first-order chi connectivity index (χ1) is 29.2. The zero-order valence-electron chi connectivity index (χ0n) is 36.3. The lowest BCUT2D eigenvalue weighted by molar-refractivity contribution is -0.117. The van der Waals surface area contributed by atoms with Crippen molar-refractivity contribution < 1.29 is 24.3 Å². The number of carbonyl (C=O) groups is 4. The Hall–Kier alpha value is -5.61. The van der Waals surface area contributed by atoms with Gasteiger partial charge in [0.1, 0.15) is 30.3 Å². The average molecular weight is 827 g/mol. The minimum atomic E-state index is -0.652. The first kappa shape index (κ1) is 50.5. The van der Waals surface area contributed by atoms with Crippen molar-refractivity contribution in [2.24, 2.45) is 15.7 Å². The second-order valence-corrected chi connectivity index (χ2v) is 13.7. The van der Waals surface area contributed by atoms with Crippen LogP contribution in [0.15, 0.2) is 93.7 Å². The molecule has 326 valence electrons. The number of amides is 1. The molecule has 2 heterocycles. The number of hydrogen-bond donors (Lipinski definition) is 5. The molecule has 1 aliphatic heterocycles. The number of amidine groups is 1. The van der Waals surface area contributed by atoms with E-state index in [1.807, 2.05) is 70.2 Å². The van der Waals surface area contributed by atoms with Gasteiger partial charge in [0.25, 0.3) is 5.91 Å². The Bertz CT molecular complexity index is 1830. The monoisotopic (exact) mass is 827 g/mol. The molecule has 1 fully saturated rings. The van der Waals surface area contributed by atoms with Crippen LogP contribution in [0.1, 0.15) is 63.3 Å². The highest BCUT2D eigenvalue weighted by Crippen LogP contribution is 2.32. The molecule has 2 atom stereocenters. The second kappa shape index (κ2) is 28.0. The SMILES string of the molecule is C=CCNC(=O)/C(=C/N=C)C(=Nc1ccc2c(n1)C(O)CC2)Nc1ccc(N2CCN(C3=CCCC(C=O)=C3CN(C)C(C=O)CCC=O)CC2)cc1.CC.CN.CNC. The molecule has 1 saturated heterocycles. The summed E-state index contributed by atoms with van der Waals surface area (Å²) in [5.41, 5.74) is 10.7. The van der Waals surface area contributed by atoms with Gasteiger partial charge in [-0.05, 0) is 114 Å². The van der Waals surface area contributed by atoms with Crippen molar-refractivity contribution >= 4 is 54.5 Å². The van der Waals surface area contributed by atoms with Crippen LogP contribution in [0.3, 0.4) is 0 Å². The number of piperazine rings is 1. The van der Waals surface area contributed by atoms with Crippen LogP contribution in [0.2, 0.25) is 0 Å². The maximum Gasteiger partial charge on any atom is 0.256 e. The number of aromatic nitrogens is 1. The lowest BCUT2D eigenvalue weighted by Gasteiger charge is -2.41. The number of anilines is 2. The smallest absolute Gasteiger partial charge is 0.256 e. The van der Waals surface area contributed by atoms with Gasteiger partial charge in [0.05, 0.1) is 17.8 Å². The van der Waals surface area contributed by atoms with Crippen molar-refractivity contribution in [3.8, 4) is 0 Å². The van der Waals surface area contributed by atoms with Crippen LogP contribution in [0, 0.1) is 0 Å².